The number of hydrogen-bond donors (Lipinski definition) is 2. The van der Waals surface area contributed by atoms with Crippen molar-refractivity contribution in [2.75, 3.05) is 6.61 Å². The van der Waals surface area contributed by atoms with Gasteiger partial charge in [0.15, 0.2) is 0 Å². The van der Waals surface area contributed by atoms with Crippen LogP contribution in [0.3, 0.4) is 0 Å². The molecular weight excluding hydrogens is 250 g/mol. The van der Waals surface area contributed by atoms with E-state index in [4.69, 9.17) is 5.11 Å². The zero-order chi connectivity index (χ0) is 9.84. The molecule has 0 saturated heterocycles. The highest BCUT2D eigenvalue weighted by Crippen LogP contribution is 2.27. The van der Waals surface area contributed by atoms with Crippen molar-refractivity contribution >= 4 is 27.3 Å². The Labute approximate surface area is 91.1 Å². The Balaban J connectivity index is 2.53. The van der Waals surface area contributed by atoms with Crippen molar-refractivity contribution in [1.29, 1.82) is 0 Å². The summed E-state index contributed by atoms with van der Waals surface area (Å²) in [7, 11) is 0. The first-order valence-corrected chi connectivity index (χ1v) is 5.86. The van der Waals surface area contributed by atoms with Crippen LogP contribution in [0.2, 0.25) is 0 Å². The highest BCUT2D eigenvalue weighted by molar-refractivity contribution is 9.11. The quantitative estimate of drug-likeness (QED) is 0.876. The predicted octanol–water partition coefficient (Wildman–Crippen LogP) is 2.54. The lowest BCUT2D eigenvalue weighted by Crippen LogP contribution is -2.31. The van der Waals surface area contributed by atoms with E-state index in [0.29, 0.717) is 6.04 Å². The fourth-order valence-corrected chi connectivity index (χ4v) is 2.56. The average Bonchev–Trinajstić information content (AvgIpc) is 2.51. The summed E-state index contributed by atoms with van der Waals surface area (Å²) in [5, 5.41) is 12.2. The Morgan fingerprint density at radius 2 is 2.23 bits per heavy atom. The first-order chi connectivity index (χ1) is 6.13. The van der Waals surface area contributed by atoms with Crippen molar-refractivity contribution in [3.63, 3.8) is 0 Å². The van der Waals surface area contributed by atoms with Gasteiger partial charge in [0.05, 0.1) is 10.4 Å². The minimum Gasteiger partial charge on any atom is -0.395 e. The second-order valence-electron chi connectivity index (χ2n) is 3.11. The molecule has 0 radical (unpaired) electrons. The summed E-state index contributed by atoms with van der Waals surface area (Å²) in [6, 6.07) is 4.59. The van der Waals surface area contributed by atoms with Gasteiger partial charge in [-0.25, -0.2) is 0 Å². The van der Waals surface area contributed by atoms with Crippen LogP contribution >= 0.6 is 27.3 Å². The SMILES string of the molecule is C[C@H](CO)N[C@@H](C)c1ccc(Br)s1. The maximum absolute atomic E-state index is 8.87. The number of halogens is 1. The highest BCUT2D eigenvalue weighted by Gasteiger charge is 2.10. The molecule has 0 saturated carbocycles. The van der Waals surface area contributed by atoms with Crippen LogP contribution in [0.5, 0.6) is 0 Å². The number of thiophene rings is 1. The summed E-state index contributed by atoms with van der Waals surface area (Å²) in [6.45, 7) is 4.25. The lowest BCUT2D eigenvalue weighted by molar-refractivity contribution is 0.243. The molecule has 0 amide bonds. The van der Waals surface area contributed by atoms with E-state index in [0.717, 1.165) is 3.79 Å². The minimum atomic E-state index is 0.149. The Morgan fingerprint density at radius 1 is 1.54 bits per heavy atom. The van der Waals surface area contributed by atoms with E-state index < -0.39 is 0 Å². The number of hydrogen-bond acceptors (Lipinski definition) is 3. The van der Waals surface area contributed by atoms with E-state index in [1.165, 1.54) is 4.88 Å². The molecular formula is C9H14BrNOS. The van der Waals surface area contributed by atoms with Gasteiger partial charge in [0.2, 0.25) is 0 Å². The van der Waals surface area contributed by atoms with Crippen LogP contribution < -0.4 is 5.32 Å². The van der Waals surface area contributed by atoms with E-state index >= 15 is 0 Å². The predicted molar refractivity (Wildman–Crippen MR) is 60.1 cm³/mol. The molecule has 0 aliphatic carbocycles. The second-order valence-corrected chi connectivity index (χ2v) is 5.61. The number of aliphatic hydroxyl groups excluding tert-OH is 1. The molecule has 0 aliphatic rings. The van der Waals surface area contributed by atoms with Crippen molar-refractivity contribution in [2.45, 2.75) is 25.9 Å². The third-order valence-corrected chi connectivity index (χ3v) is 3.64. The Bertz CT molecular complexity index is 264. The van der Waals surface area contributed by atoms with Crippen LogP contribution in [0, 0.1) is 0 Å². The fraction of sp³-hybridized carbons (Fsp3) is 0.556. The van der Waals surface area contributed by atoms with Crippen LogP contribution in [0.1, 0.15) is 24.8 Å². The molecule has 1 aromatic heterocycles. The molecule has 2 N–H and O–H groups in total. The first-order valence-electron chi connectivity index (χ1n) is 4.25. The molecule has 1 aromatic rings. The summed E-state index contributed by atoms with van der Waals surface area (Å²) < 4.78 is 1.15. The molecule has 0 unspecified atom stereocenters. The number of aliphatic hydroxyl groups is 1. The topological polar surface area (TPSA) is 32.3 Å². The molecule has 1 rings (SSSR count). The zero-order valence-corrected chi connectivity index (χ0v) is 10.2. The van der Waals surface area contributed by atoms with E-state index in [-0.39, 0.29) is 12.6 Å². The molecule has 74 valence electrons. The van der Waals surface area contributed by atoms with Crippen LogP contribution in [-0.2, 0) is 0 Å². The summed E-state index contributed by atoms with van der Waals surface area (Å²) in [6.07, 6.45) is 0. The maximum Gasteiger partial charge on any atom is 0.0701 e. The van der Waals surface area contributed by atoms with Gasteiger partial charge in [-0.15, -0.1) is 11.3 Å². The minimum absolute atomic E-state index is 0.149. The highest BCUT2D eigenvalue weighted by atomic mass is 79.9. The normalized spacial score (nSPS) is 15.7. The molecule has 2 nitrogen and oxygen atoms in total. The molecule has 1 heterocycles. The molecule has 4 heteroatoms. The number of rotatable bonds is 4. The number of nitrogens with one attached hydrogen (secondary N) is 1. The van der Waals surface area contributed by atoms with Gasteiger partial charge in [0, 0.05) is 17.0 Å². The molecule has 0 aromatic carbocycles. The molecule has 0 aliphatic heterocycles. The summed E-state index contributed by atoms with van der Waals surface area (Å²) in [4.78, 5) is 1.28. The second kappa shape index (κ2) is 5.10. The van der Waals surface area contributed by atoms with E-state index in [1.54, 1.807) is 11.3 Å². The zero-order valence-electron chi connectivity index (χ0n) is 7.75. The third kappa shape index (κ3) is 3.38. The van der Waals surface area contributed by atoms with Gasteiger partial charge >= 0.3 is 0 Å². The first kappa shape index (κ1) is 11.2. The van der Waals surface area contributed by atoms with Gasteiger partial charge < -0.3 is 10.4 Å². The fourth-order valence-electron chi connectivity index (χ4n) is 1.12. The van der Waals surface area contributed by atoms with E-state index in [9.17, 15) is 0 Å². The van der Waals surface area contributed by atoms with Crippen LogP contribution in [0.25, 0.3) is 0 Å². The monoisotopic (exact) mass is 263 g/mol. The average molecular weight is 264 g/mol. The van der Waals surface area contributed by atoms with Crippen molar-refractivity contribution in [3.8, 4) is 0 Å². The standard InChI is InChI=1S/C9H14BrNOS/c1-6(5-12)11-7(2)8-3-4-9(10)13-8/h3-4,6-7,11-12H,5H2,1-2H3/t6-,7+/m1/s1. The van der Waals surface area contributed by atoms with Gasteiger partial charge in [-0.1, -0.05) is 0 Å². The Morgan fingerprint density at radius 3 is 2.69 bits per heavy atom. The van der Waals surface area contributed by atoms with Gasteiger partial charge in [-0.2, -0.15) is 0 Å². The third-order valence-electron chi connectivity index (χ3n) is 1.83. The van der Waals surface area contributed by atoms with Crippen LogP contribution in [0.15, 0.2) is 15.9 Å². The van der Waals surface area contributed by atoms with Gasteiger partial charge in [-0.3, -0.25) is 0 Å². The Kier molecular flexibility index (Phi) is 4.38. The van der Waals surface area contributed by atoms with Crippen molar-refractivity contribution in [3.05, 3.63) is 20.8 Å². The Hall–Kier alpha value is 0.1000. The van der Waals surface area contributed by atoms with E-state index in [2.05, 4.69) is 34.2 Å². The molecule has 2 atom stereocenters. The van der Waals surface area contributed by atoms with E-state index in [1.807, 2.05) is 13.0 Å². The van der Waals surface area contributed by atoms with Crippen molar-refractivity contribution < 1.29 is 5.11 Å². The van der Waals surface area contributed by atoms with Gasteiger partial charge in [-0.05, 0) is 41.9 Å². The van der Waals surface area contributed by atoms with Crippen molar-refractivity contribution in [1.82, 2.24) is 5.32 Å². The summed E-state index contributed by atoms with van der Waals surface area (Å²) >= 11 is 5.15. The molecule has 0 fully saturated rings. The summed E-state index contributed by atoms with van der Waals surface area (Å²) in [5.74, 6) is 0. The smallest absolute Gasteiger partial charge is 0.0701 e. The van der Waals surface area contributed by atoms with Gasteiger partial charge in [0.1, 0.15) is 0 Å². The van der Waals surface area contributed by atoms with Gasteiger partial charge in [0.25, 0.3) is 0 Å². The molecule has 13 heavy (non-hydrogen) atoms. The summed E-state index contributed by atoms with van der Waals surface area (Å²) in [5.41, 5.74) is 0. The lowest BCUT2D eigenvalue weighted by Gasteiger charge is -2.16. The lowest BCUT2D eigenvalue weighted by atomic mass is 10.2. The van der Waals surface area contributed by atoms with Crippen LogP contribution in [-0.4, -0.2) is 17.8 Å². The maximum atomic E-state index is 8.87. The molecule has 0 spiro atoms. The molecule has 0 bridgehead atoms. The largest absolute Gasteiger partial charge is 0.395 e. The van der Waals surface area contributed by atoms with Crippen LogP contribution in [0.4, 0.5) is 0 Å². The van der Waals surface area contributed by atoms with Crippen molar-refractivity contribution in [2.24, 2.45) is 0 Å².